The molecule has 6 nitrogen and oxygen atoms in total. The van der Waals surface area contributed by atoms with Crippen molar-refractivity contribution in [3.8, 4) is 0 Å². The van der Waals surface area contributed by atoms with Gasteiger partial charge < -0.3 is 14.6 Å². The van der Waals surface area contributed by atoms with Crippen molar-refractivity contribution in [3.63, 3.8) is 0 Å². The molecule has 0 bridgehead atoms. The zero-order valence-electron chi connectivity index (χ0n) is 13.2. The van der Waals surface area contributed by atoms with E-state index in [1.807, 2.05) is 11.6 Å². The van der Waals surface area contributed by atoms with Crippen LogP contribution in [0.5, 0.6) is 0 Å². The molecule has 2 rings (SSSR count). The largest absolute Gasteiger partial charge is 0.380 e. The summed E-state index contributed by atoms with van der Waals surface area (Å²) >= 11 is 0. The van der Waals surface area contributed by atoms with E-state index in [4.69, 9.17) is 4.74 Å². The molecule has 1 aromatic rings. The predicted octanol–water partition coefficient (Wildman–Crippen LogP) is 0.933. The topological polar surface area (TPSA) is 63.6 Å². The minimum atomic E-state index is -3.42. The van der Waals surface area contributed by atoms with E-state index >= 15 is 0 Å². The van der Waals surface area contributed by atoms with E-state index in [-0.39, 0.29) is 6.10 Å². The molecule has 21 heavy (non-hydrogen) atoms. The Kier molecular flexibility index (Phi) is 5.08. The molecule has 0 spiro atoms. The van der Waals surface area contributed by atoms with Crippen LogP contribution in [0.3, 0.4) is 0 Å². The molecule has 1 unspecified atom stereocenters. The van der Waals surface area contributed by atoms with Crippen molar-refractivity contribution in [2.24, 2.45) is 7.05 Å². The summed E-state index contributed by atoms with van der Waals surface area (Å²) in [6.45, 7) is 5.75. The molecular formula is C14H25N3O3S. The molecule has 1 atom stereocenters. The molecule has 0 saturated carbocycles. The number of aromatic nitrogens is 1. The minimum absolute atomic E-state index is 0.00515. The van der Waals surface area contributed by atoms with Crippen molar-refractivity contribution in [2.45, 2.75) is 43.9 Å². The Morgan fingerprint density at radius 1 is 1.48 bits per heavy atom. The lowest BCUT2D eigenvalue weighted by atomic mass is 10.3. The van der Waals surface area contributed by atoms with Crippen molar-refractivity contribution < 1.29 is 13.2 Å². The summed E-state index contributed by atoms with van der Waals surface area (Å²) in [5, 5.41) is 3.30. The highest BCUT2D eigenvalue weighted by molar-refractivity contribution is 7.89. The predicted molar refractivity (Wildman–Crippen MR) is 81.6 cm³/mol. The normalized spacial score (nSPS) is 20.5. The van der Waals surface area contributed by atoms with Gasteiger partial charge >= 0.3 is 0 Å². The summed E-state index contributed by atoms with van der Waals surface area (Å²) in [7, 11) is 0.0801. The number of hydrogen-bond donors (Lipinski definition) is 1. The lowest BCUT2D eigenvalue weighted by Crippen LogP contribution is -2.29. The Balaban J connectivity index is 2.15. The Labute approximate surface area is 127 Å². The van der Waals surface area contributed by atoms with E-state index in [0.717, 1.165) is 12.1 Å². The molecule has 1 N–H and O–H groups in total. The van der Waals surface area contributed by atoms with E-state index in [1.54, 1.807) is 19.4 Å². The van der Waals surface area contributed by atoms with Crippen LogP contribution in [-0.2, 0) is 28.4 Å². The van der Waals surface area contributed by atoms with Gasteiger partial charge in [-0.15, -0.1) is 0 Å². The molecule has 1 aliphatic heterocycles. The van der Waals surface area contributed by atoms with E-state index in [1.165, 1.54) is 4.31 Å². The molecule has 0 aliphatic carbocycles. The van der Waals surface area contributed by atoms with Gasteiger partial charge in [0.05, 0.1) is 6.10 Å². The highest BCUT2D eigenvalue weighted by Gasteiger charge is 2.33. The van der Waals surface area contributed by atoms with Gasteiger partial charge in [-0.25, -0.2) is 8.42 Å². The maximum Gasteiger partial charge on any atom is 0.244 e. The van der Waals surface area contributed by atoms with Crippen LogP contribution >= 0.6 is 0 Å². The standard InChI is InChI=1S/C14H25N3O3S/c1-11(2)15-8-12-7-14(10-16(12)3)21(18,19)17-6-5-13(9-17)20-4/h7,10-11,13,15H,5-6,8-9H2,1-4H3. The molecule has 2 heterocycles. The first kappa shape index (κ1) is 16.5. The molecule has 0 amide bonds. The van der Waals surface area contributed by atoms with Crippen molar-refractivity contribution in [3.05, 3.63) is 18.0 Å². The van der Waals surface area contributed by atoms with Crippen LogP contribution in [0.15, 0.2) is 17.2 Å². The van der Waals surface area contributed by atoms with Crippen molar-refractivity contribution in [2.75, 3.05) is 20.2 Å². The highest BCUT2D eigenvalue weighted by atomic mass is 32.2. The SMILES string of the molecule is COC1CCN(S(=O)(=O)c2cc(CNC(C)C)n(C)c2)C1. The second-order valence-corrected chi connectivity index (χ2v) is 7.76. The number of rotatable bonds is 6. The summed E-state index contributed by atoms with van der Waals surface area (Å²) < 4.78 is 33.9. The van der Waals surface area contributed by atoms with Crippen molar-refractivity contribution >= 4 is 10.0 Å². The second-order valence-electron chi connectivity index (χ2n) is 5.82. The molecule has 0 radical (unpaired) electrons. The van der Waals surface area contributed by atoms with Gasteiger partial charge in [-0.3, -0.25) is 0 Å². The van der Waals surface area contributed by atoms with Crippen LogP contribution in [-0.4, -0.2) is 49.6 Å². The lowest BCUT2D eigenvalue weighted by Gasteiger charge is -2.15. The van der Waals surface area contributed by atoms with Gasteiger partial charge in [-0.05, 0) is 12.5 Å². The fraction of sp³-hybridized carbons (Fsp3) is 0.714. The fourth-order valence-electron chi connectivity index (χ4n) is 2.46. The Bertz CT molecular complexity index is 580. The van der Waals surface area contributed by atoms with Gasteiger partial charge in [0.2, 0.25) is 10.0 Å². The van der Waals surface area contributed by atoms with Crippen molar-refractivity contribution in [1.29, 1.82) is 0 Å². The number of methoxy groups -OCH3 is 1. The van der Waals surface area contributed by atoms with E-state index in [0.29, 0.717) is 30.6 Å². The summed E-state index contributed by atoms with van der Waals surface area (Å²) in [5.41, 5.74) is 0.963. The third kappa shape index (κ3) is 3.66. The number of aryl methyl sites for hydroxylation is 1. The van der Waals surface area contributed by atoms with Crippen LogP contribution in [0.25, 0.3) is 0 Å². The van der Waals surface area contributed by atoms with Crippen molar-refractivity contribution in [1.82, 2.24) is 14.2 Å². The molecular weight excluding hydrogens is 290 g/mol. The molecule has 0 aromatic carbocycles. The van der Waals surface area contributed by atoms with E-state index in [2.05, 4.69) is 19.2 Å². The van der Waals surface area contributed by atoms with Crippen LogP contribution in [0.1, 0.15) is 26.0 Å². The summed E-state index contributed by atoms with van der Waals surface area (Å²) in [4.78, 5) is 0.363. The first-order valence-corrected chi connectivity index (χ1v) is 8.70. The molecule has 7 heteroatoms. The van der Waals surface area contributed by atoms with Gasteiger partial charge in [-0.2, -0.15) is 4.31 Å². The Morgan fingerprint density at radius 2 is 2.19 bits per heavy atom. The average molecular weight is 315 g/mol. The Hall–Kier alpha value is -0.890. The van der Waals surface area contributed by atoms with E-state index in [9.17, 15) is 8.42 Å². The smallest absolute Gasteiger partial charge is 0.244 e. The first-order valence-electron chi connectivity index (χ1n) is 7.26. The average Bonchev–Trinajstić information content (AvgIpc) is 3.03. The first-order chi connectivity index (χ1) is 9.84. The third-order valence-corrected chi connectivity index (χ3v) is 5.68. The van der Waals surface area contributed by atoms with Crippen LogP contribution in [0.4, 0.5) is 0 Å². The van der Waals surface area contributed by atoms with E-state index < -0.39 is 10.0 Å². The molecule has 1 fully saturated rings. The quantitative estimate of drug-likeness (QED) is 0.848. The zero-order chi connectivity index (χ0) is 15.6. The number of hydrogen-bond acceptors (Lipinski definition) is 4. The maximum atomic E-state index is 12.6. The number of nitrogens with zero attached hydrogens (tertiary/aromatic N) is 2. The zero-order valence-corrected chi connectivity index (χ0v) is 14.0. The Morgan fingerprint density at radius 3 is 2.76 bits per heavy atom. The molecule has 1 saturated heterocycles. The summed E-state index contributed by atoms with van der Waals surface area (Å²) in [6, 6.07) is 2.12. The molecule has 120 valence electrons. The van der Waals surface area contributed by atoms with Gasteiger partial charge in [0.25, 0.3) is 0 Å². The van der Waals surface area contributed by atoms with Crippen LogP contribution in [0.2, 0.25) is 0 Å². The number of nitrogens with one attached hydrogen (secondary N) is 1. The second kappa shape index (κ2) is 6.48. The van der Waals surface area contributed by atoms with Crippen LogP contribution < -0.4 is 5.32 Å². The lowest BCUT2D eigenvalue weighted by molar-refractivity contribution is 0.115. The summed E-state index contributed by atoms with van der Waals surface area (Å²) in [6.07, 6.45) is 2.45. The van der Waals surface area contributed by atoms with Gasteiger partial charge in [0.1, 0.15) is 4.90 Å². The molecule has 1 aliphatic rings. The highest BCUT2D eigenvalue weighted by Crippen LogP contribution is 2.23. The van der Waals surface area contributed by atoms with Crippen LogP contribution in [0, 0.1) is 0 Å². The third-order valence-electron chi connectivity index (χ3n) is 3.85. The van der Waals surface area contributed by atoms with Gasteiger partial charge in [0.15, 0.2) is 0 Å². The fourth-order valence-corrected chi connectivity index (χ4v) is 4.04. The van der Waals surface area contributed by atoms with Gasteiger partial charge in [-0.1, -0.05) is 13.8 Å². The minimum Gasteiger partial charge on any atom is -0.380 e. The maximum absolute atomic E-state index is 12.6. The number of sulfonamides is 1. The van der Waals surface area contributed by atoms with Gasteiger partial charge in [0, 0.05) is 51.7 Å². The summed E-state index contributed by atoms with van der Waals surface area (Å²) in [5.74, 6) is 0. The monoisotopic (exact) mass is 315 g/mol. The number of ether oxygens (including phenoxy) is 1. The molecule has 1 aromatic heterocycles.